The first kappa shape index (κ1) is 10.4. The van der Waals surface area contributed by atoms with Crippen LogP contribution in [0.25, 0.3) is 10.9 Å². The van der Waals surface area contributed by atoms with Crippen molar-refractivity contribution < 1.29 is 14.6 Å². The minimum atomic E-state index is -0.511. The van der Waals surface area contributed by atoms with Crippen molar-refractivity contribution in [3.8, 4) is 5.75 Å². The Morgan fingerprint density at radius 2 is 2.00 bits per heavy atom. The van der Waals surface area contributed by atoms with E-state index in [1.807, 2.05) is 6.07 Å². The van der Waals surface area contributed by atoms with Gasteiger partial charge in [0.1, 0.15) is 17.0 Å². The van der Waals surface area contributed by atoms with Crippen LogP contribution in [0.15, 0.2) is 24.3 Å². The van der Waals surface area contributed by atoms with E-state index in [0.29, 0.717) is 5.52 Å². The Labute approximate surface area is 92.5 Å². The van der Waals surface area contributed by atoms with Crippen LogP contribution in [0, 0.1) is 6.92 Å². The summed E-state index contributed by atoms with van der Waals surface area (Å²) in [4.78, 5) is 15.4. The molecule has 0 aliphatic carbocycles. The van der Waals surface area contributed by atoms with Gasteiger partial charge in [-0.15, -0.1) is 0 Å². The molecule has 0 amide bonds. The number of pyridine rings is 1. The topological polar surface area (TPSA) is 59.4 Å². The average molecular weight is 217 g/mol. The van der Waals surface area contributed by atoms with Gasteiger partial charge in [-0.1, -0.05) is 18.2 Å². The molecule has 0 aliphatic rings. The number of rotatable bonds is 1. The van der Waals surface area contributed by atoms with Crippen LogP contribution in [-0.4, -0.2) is 23.2 Å². The van der Waals surface area contributed by atoms with Crippen molar-refractivity contribution >= 4 is 16.9 Å². The number of aromatic nitrogens is 1. The van der Waals surface area contributed by atoms with Crippen molar-refractivity contribution in [3.05, 3.63) is 35.5 Å². The molecular formula is C12H11NO3. The highest BCUT2D eigenvalue weighted by atomic mass is 16.5. The van der Waals surface area contributed by atoms with E-state index < -0.39 is 5.97 Å². The number of carbonyl (C=O) groups is 1. The molecule has 4 nitrogen and oxygen atoms in total. The van der Waals surface area contributed by atoms with Gasteiger partial charge in [0.25, 0.3) is 0 Å². The van der Waals surface area contributed by atoms with Crippen molar-refractivity contribution in [1.82, 2.24) is 4.98 Å². The molecule has 2 rings (SSSR count). The summed E-state index contributed by atoms with van der Waals surface area (Å²) < 4.78 is 4.57. The molecule has 1 heterocycles. The number of phenolic OH excluding ortho intramolecular Hbond substituents is 1. The van der Waals surface area contributed by atoms with Crippen LogP contribution in [0.3, 0.4) is 0 Å². The minimum absolute atomic E-state index is 0.100. The maximum absolute atomic E-state index is 11.3. The summed E-state index contributed by atoms with van der Waals surface area (Å²) in [6.45, 7) is 1.78. The fraction of sp³-hybridized carbons (Fsp3) is 0.167. The number of phenols is 1. The molecule has 0 saturated heterocycles. The molecule has 0 saturated carbocycles. The number of esters is 1. The van der Waals surface area contributed by atoms with Gasteiger partial charge in [0.05, 0.1) is 7.11 Å². The molecule has 1 aromatic heterocycles. The summed E-state index contributed by atoms with van der Waals surface area (Å²) in [5, 5.41) is 10.6. The van der Waals surface area contributed by atoms with E-state index in [2.05, 4.69) is 9.72 Å². The van der Waals surface area contributed by atoms with Crippen LogP contribution in [0.5, 0.6) is 5.75 Å². The highest BCUT2D eigenvalue weighted by Crippen LogP contribution is 2.26. The van der Waals surface area contributed by atoms with Gasteiger partial charge in [-0.25, -0.2) is 9.78 Å². The number of aromatic hydroxyl groups is 1. The van der Waals surface area contributed by atoms with Crippen LogP contribution in [0.4, 0.5) is 0 Å². The number of ether oxygens (including phenoxy) is 1. The van der Waals surface area contributed by atoms with E-state index in [1.165, 1.54) is 7.11 Å². The second-order valence-electron chi connectivity index (χ2n) is 3.49. The van der Waals surface area contributed by atoms with Crippen LogP contribution < -0.4 is 0 Å². The van der Waals surface area contributed by atoms with Gasteiger partial charge < -0.3 is 9.84 Å². The SMILES string of the molecule is COC(=O)c1ccc2ccc(C)c(O)c2n1. The molecular weight excluding hydrogens is 206 g/mol. The van der Waals surface area contributed by atoms with E-state index in [9.17, 15) is 9.90 Å². The number of benzene rings is 1. The zero-order valence-electron chi connectivity index (χ0n) is 9.02. The van der Waals surface area contributed by atoms with Gasteiger partial charge >= 0.3 is 5.97 Å². The standard InChI is InChI=1S/C12H11NO3/c1-7-3-4-8-5-6-9(12(15)16-2)13-10(8)11(7)14/h3-6,14H,1-2H3. The van der Waals surface area contributed by atoms with Crippen LogP contribution in [0.1, 0.15) is 16.1 Å². The third-order valence-electron chi connectivity index (χ3n) is 2.43. The van der Waals surface area contributed by atoms with E-state index in [1.54, 1.807) is 25.1 Å². The number of hydrogen-bond acceptors (Lipinski definition) is 4. The van der Waals surface area contributed by atoms with E-state index in [4.69, 9.17) is 0 Å². The van der Waals surface area contributed by atoms with E-state index >= 15 is 0 Å². The molecule has 0 fully saturated rings. The summed E-state index contributed by atoms with van der Waals surface area (Å²) in [5.41, 5.74) is 1.33. The Balaban J connectivity index is 2.69. The monoisotopic (exact) mass is 217 g/mol. The summed E-state index contributed by atoms with van der Waals surface area (Å²) in [7, 11) is 1.30. The molecule has 2 aromatic rings. The van der Waals surface area contributed by atoms with Crippen molar-refractivity contribution in [1.29, 1.82) is 0 Å². The number of nitrogens with zero attached hydrogens (tertiary/aromatic N) is 1. The van der Waals surface area contributed by atoms with Crippen LogP contribution in [0.2, 0.25) is 0 Å². The predicted octanol–water partition coefficient (Wildman–Crippen LogP) is 2.04. The summed E-state index contributed by atoms with van der Waals surface area (Å²) in [6.07, 6.45) is 0. The van der Waals surface area contributed by atoms with Crippen molar-refractivity contribution in [2.75, 3.05) is 7.11 Å². The normalized spacial score (nSPS) is 10.4. The molecule has 0 radical (unpaired) electrons. The average Bonchev–Trinajstić information content (AvgIpc) is 2.32. The third-order valence-corrected chi connectivity index (χ3v) is 2.43. The lowest BCUT2D eigenvalue weighted by Crippen LogP contribution is -2.03. The molecule has 0 unspecified atom stereocenters. The number of hydrogen-bond donors (Lipinski definition) is 1. The summed E-state index contributed by atoms with van der Waals surface area (Å²) >= 11 is 0. The molecule has 82 valence electrons. The van der Waals surface area contributed by atoms with Crippen molar-refractivity contribution in [2.24, 2.45) is 0 Å². The molecule has 0 spiro atoms. The first-order chi connectivity index (χ1) is 7.63. The minimum Gasteiger partial charge on any atom is -0.505 e. The fourth-order valence-corrected chi connectivity index (χ4v) is 1.49. The number of methoxy groups -OCH3 is 1. The largest absolute Gasteiger partial charge is 0.505 e. The Kier molecular flexibility index (Phi) is 2.48. The lowest BCUT2D eigenvalue weighted by Gasteiger charge is -2.05. The highest BCUT2D eigenvalue weighted by Gasteiger charge is 2.10. The summed E-state index contributed by atoms with van der Waals surface area (Å²) in [6, 6.07) is 6.95. The van der Waals surface area contributed by atoms with E-state index in [-0.39, 0.29) is 11.4 Å². The second-order valence-corrected chi connectivity index (χ2v) is 3.49. The van der Waals surface area contributed by atoms with Gasteiger partial charge in [0, 0.05) is 5.39 Å². The van der Waals surface area contributed by atoms with Gasteiger partial charge in [-0.2, -0.15) is 0 Å². The second kappa shape index (κ2) is 3.81. The quantitative estimate of drug-likeness (QED) is 0.742. The molecule has 0 bridgehead atoms. The predicted molar refractivity (Wildman–Crippen MR) is 59.5 cm³/mol. The number of fused-ring (bicyclic) bond motifs is 1. The molecule has 1 aromatic carbocycles. The zero-order chi connectivity index (χ0) is 11.7. The van der Waals surface area contributed by atoms with Gasteiger partial charge in [-0.05, 0) is 18.6 Å². The molecule has 16 heavy (non-hydrogen) atoms. The number of carbonyl (C=O) groups excluding carboxylic acids is 1. The maximum atomic E-state index is 11.3. The first-order valence-corrected chi connectivity index (χ1v) is 4.81. The Morgan fingerprint density at radius 1 is 1.31 bits per heavy atom. The number of aryl methyl sites for hydroxylation is 1. The lowest BCUT2D eigenvalue weighted by molar-refractivity contribution is 0.0594. The van der Waals surface area contributed by atoms with Crippen molar-refractivity contribution in [3.63, 3.8) is 0 Å². The third kappa shape index (κ3) is 1.58. The molecule has 4 heteroatoms. The van der Waals surface area contributed by atoms with Crippen LogP contribution >= 0.6 is 0 Å². The molecule has 1 N–H and O–H groups in total. The Bertz CT molecular complexity index is 563. The smallest absolute Gasteiger partial charge is 0.356 e. The van der Waals surface area contributed by atoms with Crippen LogP contribution in [-0.2, 0) is 4.74 Å². The van der Waals surface area contributed by atoms with Gasteiger partial charge in [-0.3, -0.25) is 0 Å². The Hall–Kier alpha value is -2.10. The maximum Gasteiger partial charge on any atom is 0.356 e. The molecule has 0 atom stereocenters. The zero-order valence-corrected chi connectivity index (χ0v) is 9.02. The van der Waals surface area contributed by atoms with Crippen molar-refractivity contribution in [2.45, 2.75) is 6.92 Å². The first-order valence-electron chi connectivity index (χ1n) is 4.81. The van der Waals surface area contributed by atoms with Gasteiger partial charge in [0.15, 0.2) is 0 Å². The summed E-state index contributed by atoms with van der Waals surface area (Å²) in [5.74, 6) is -0.411. The van der Waals surface area contributed by atoms with E-state index in [0.717, 1.165) is 10.9 Å². The van der Waals surface area contributed by atoms with Gasteiger partial charge in [0.2, 0.25) is 0 Å². The lowest BCUT2D eigenvalue weighted by atomic mass is 10.1. The molecule has 0 aliphatic heterocycles. The fourth-order valence-electron chi connectivity index (χ4n) is 1.49. The Morgan fingerprint density at radius 3 is 2.69 bits per heavy atom. The highest BCUT2D eigenvalue weighted by molar-refractivity contribution is 5.93.